The molecule has 8 nitrogen and oxygen atoms in total. The van der Waals surface area contributed by atoms with Gasteiger partial charge in [0.1, 0.15) is 11.7 Å². The van der Waals surface area contributed by atoms with Gasteiger partial charge >= 0.3 is 0 Å². The molecule has 32 heavy (non-hydrogen) atoms. The highest BCUT2D eigenvalue weighted by molar-refractivity contribution is 7.14. The van der Waals surface area contributed by atoms with Gasteiger partial charge in [-0.1, -0.05) is 17.7 Å². The fraction of sp³-hybridized carbons (Fsp3) is 0.455. The summed E-state index contributed by atoms with van der Waals surface area (Å²) in [5, 5.41) is 6.16. The van der Waals surface area contributed by atoms with E-state index in [2.05, 4.69) is 10.3 Å². The molecule has 3 amide bonds. The van der Waals surface area contributed by atoms with Gasteiger partial charge in [-0.05, 0) is 37.5 Å². The molecule has 1 aromatic heterocycles. The Hall–Kier alpha value is -2.65. The number of benzene rings is 1. The zero-order chi connectivity index (χ0) is 22.8. The minimum atomic E-state index is -0.473. The number of nitrogens with one attached hydrogen (secondary N) is 1. The Morgan fingerprint density at radius 1 is 1.12 bits per heavy atom. The molecule has 2 fully saturated rings. The number of carbonyl (C=O) groups excluding carboxylic acids is 3. The number of halogens is 1. The summed E-state index contributed by atoms with van der Waals surface area (Å²) >= 11 is 7.43. The number of nitrogens with zero attached hydrogens (tertiary/aromatic N) is 4. The number of likely N-dealkylation sites (tertiary alicyclic amines) is 1. The number of thiazole rings is 1. The second-order valence-electron chi connectivity index (χ2n) is 8.11. The minimum absolute atomic E-state index is 0.0238. The molecule has 1 aromatic carbocycles. The minimum Gasteiger partial charge on any atom is -0.339 e. The molecule has 4 rings (SSSR count). The number of aryl methyl sites for hydroxylation is 1. The normalized spacial score (nSPS) is 18.7. The van der Waals surface area contributed by atoms with Crippen LogP contribution in [0.25, 0.3) is 0 Å². The molecule has 2 aliphatic heterocycles. The summed E-state index contributed by atoms with van der Waals surface area (Å²) in [5.74, 6) is -0.242. The van der Waals surface area contributed by atoms with Gasteiger partial charge in [0.05, 0.1) is 0 Å². The van der Waals surface area contributed by atoms with Crippen LogP contribution in [0.15, 0.2) is 23.6 Å². The summed E-state index contributed by atoms with van der Waals surface area (Å²) in [5.41, 5.74) is 2.19. The maximum absolute atomic E-state index is 13.2. The average molecular weight is 476 g/mol. The molecule has 1 unspecified atom stereocenters. The number of amides is 3. The van der Waals surface area contributed by atoms with Gasteiger partial charge < -0.3 is 20.0 Å². The van der Waals surface area contributed by atoms with Crippen LogP contribution in [0, 0.1) is 6.92 Å². The Morgan fingerprint density at radius 2 is 1.84 bits per heavy atom. The van der Waals surface area contributed by atoms with E-state index in [1.165, 1.54) is 11.3 Å². The Morgan fingerprint density at radius 3 is 2.56 bits per heavy atom. The number of rotatable bonds is 4. The van der Waals surface area contributed by atoms with Gasteiger partial charge in [0.2, 0.25) is 11.8 Å². The summed E-state index contributed by atoms with van der Waals surface area (Å²) in [7, 11) is 0. The van der Waals surface area contributed by atoms with E-state index in [0.29, 0.717) is 55.0 Å². The van der Waals surface area contributed by atoms with Crippen molar-refractivity contribution in [3.05, 3.63) is 39.9 Å². The summed E-state index contributed by atoms with van der Waals surface area (Å²) in [6.45, 7) is 6.11. The third-order valence-electron chi connectivity index (χ3n) is 6.00. The first-order valence-electron chi connectivity index (χ1n) is 10.7. The first-order chi connectivity index (χ1) is 15.3. The molecular formula is C22H26ClN5O3S. The summed E-state index contributed by atoms with van der Waals surface area (Å²) in [6, 6.07) is 5.09. The van der Waals surface area contributed by atoms with Crippen LogP contribution in [-0.4, -0.2) is 76.2 Å². The number of hydrogen-bond donors (Lipinski definition) is 1. The van der Waals surface area contributed by atoms with Gasteiger partial charge in [-0.25, -0.2) is 4.98 Å². The molecule has 0 bridgehead atoms. The van der Waals surface area contributed by atoms with Crippen molar-refractivity contribution in [1.82, 2.24) is 19.7 Å². The van der Waals surface area contributed by atoms with Crippen molar-refractivity contribution < 1.29 is 14.4 Å². The molecule has 3 heterocycles. The molecule has 0 saturated carbocycles. The Balaban J connectivity index is 1.42. The van der Waals surface area contributed by atoms with Crippen molar-refractivity contribution in [2.75, 3.05) is 38.0 Å². The van der Waals surface area contributed by atoms with Crippen LogP contribution in [0.3, 0.4) is 0 Å². The highest BCUT2D eigenvalue weighted by Crippen LogP contribution is 2.28. The van der Waals surface area contributed by atoms with Gasteiger partial charge in [0, 0.05) is 55.7 Å². The third kappa shape index (κ3) is 4.73. The predicted octanol–water partition coefficient (Wildman–Crippen LogP) is 3.14. The molecule has 0 spiro atoms. The quantitative estimate of drug-likeness (QED) is 0.734. The number of carbonyl (C=O) groups is 3. The summed E-state index contributed by atoms with van der Waals surface area (Å²) < 4.78 is 0. The summed E-state index contributed by atoms with van der Waals surface area (Å²) in [6.07, 6.45) is 1.43. The van der Waals surface area contributed by atoms with E-state index < -0.39 is 6.04 Å². The van der Waals surface area contributed by atoms with E-state index >= 15 is 0 Å². The standard InChI is InChI=1S/C22H26ClN5O3S/c1-14-5-6-16(23)12-17(14)24-22-25-18(13-32-22)20(30)28-7-3-4-19(28)21(31)27-10-8-26(9-11-27)15(2)29/h5-6,12-13,19H,3-4,7-11H2,1-2H3,(H,24,25). The van der Waals surface area contributed by atoms with Crippen molar-refractivity contribution in [2.45, 2.75) is 32.7 Å². The highest BCUT2D eigenvalue weighted by atomic mass is 35.5. The zero-order valence-electron chi connectivity index (χ0n) is 18.1. The van der Waals surface area contributed by atoms with Gasteiger partial charge in [0.15, 0.2) is 5.13 Å². The van der Waals surface area contributed by atoms with E-state index in [4.69, 9.17) is 11.6 Å². The average Bonchev–Trinajstić information content (AvgIpc) is 3.45. The maximum atomic E-state index is 13.2. The first-order valence-corrected chi connectivity index (χ1v) is 11.9. The van der Waals surface area contributed by atoms with Gasteiger partial charge in [0.25, 0.3) is 5.91 Å². The third-order valence-corrected chi connectivity index (χ3v) is 6.99. The predicted molar refractivity (Wildman–Crippen MR) is 124 cm³/mol. The molecule has 2 saturated heterocycles. The SMILES string of the molecule is CC(=O)N1CCN(C(=O)C2CCCN2C(=O)c2csc(Nc3cc(Cl)ccc3C)n2)CC1. The van der Waals surface area contributed by atoms with E-state index in [1.54, 1.807) is 27.0 Å². The Labute approximate surface area is 196 Å². The second-order valence-corrected chi connectivity index (χ2v) is 9.40. The monoisotopic (exact) mass is 475 g/mol. The number of anilines is 2. The van der Waals surface area contributed by atoms with Crippen LogP contribution in [0.1, 0.15) is 35.8 Å². The van der Waals surface area contributed by atoms with Crippen molar-refractivity contribution in [3.63, 3.8) is 0 Å². The maximum Gasteiger partial charge on any atom is 0.274 e. The molecule has 1 atom stereocenters. The van der Waals surface area contributed by atoms with Crippen LogP contribution < -0.4 is 5.32 Å². The lowest BCUT2D eigenvalue weighted by molar-refractivity contribution is -0.141. The summed E-state index contributed by atoms with van der Waals surface area (Å²) in [4.78, 5) is 47.4. The van der Waals surface area contributed by atoms with Gasteiger partial charge in [-0.3, -0.25) is 14.4 Å². The van der Waals surface area contributed by atoms with Crippen LogP contribution in [0.2, 0.25) is 5.02 Å². The number of aromatic nitrogens is 1. The Bertz CT molecular complexity index is 1030. The number of hydrogen-bond acceptors (Lipinski definition) is 6. The molecule has 1 N–H and O–H groups in total. The van der Waals surface area contributed by atoms with Crippen LogP contribution >= 0.6 is 22.9 Å². The van der Waals surface area contributed by atoms with Crippen molar-refractivity contribution in [1.29, 1.82) is 0 Å². The molecule has 2 aromatic rings. The largest absolute Gasteiger partial charge is 0.339 e. The topological polar surface area (TPSA) is 85.9 Å². The van der Waals surface area contributed by atoms with E-state index in [-0.39, 0.29) is 17.7 Å². The molecular weight excluding hydrogens is 450 g/mol. The van der Waals surface area contributed by atoms with Crippen molar-refractivity contribution in [3.8, 4) is 0 Å². The lowest BCUT2D eigenvalue weighted by atomic mass is 10.1. The van der Waals surface area contributed by atoms with Crippen LogP contribution in [0.4, 0.5) is 10.8 Å². The second kappa shape index (κ2) is 9.46. The number of piperazine rings is 1. The smallest absolute Gasteiger partial charge is 0.274 e. The van der Waals surface area contributed by atoms with Gasteiger partial charge in [-0.2, -0.15) is 0 Å². The van der Waals surface area contributed by atoms with Crippen LogP contribution in [-0.2, 0) is 9.59 Å². The molecule has 10 heteroatoms. The fourth-order valence-electron chi connectivity index (χ4n) is 4.14. The highest BCUT2D eigenvalue weighted by Gasteiger charge is 2.38. The first kappa shape index (κ1) is 22.5. The lowest BCUT2D eigenvalue weighted by Gasteiger charge is -2.36. The zero-order valence-corrected chi connectivity index (χ0v) is 19.7. The van der Waals surface area contributed by atoms with Gasteiger partial charge in [-0.15, -0.1) is 11.3 Å². The lowest BCUT2D eigenvalue weighted by Crippen LogP contribution is -2.55. The molecule has 2 aliphatic rings. The Kier molecular flexibility index (Phi) is 6.66. The van der Waals surface area contributed by atoms with Crippen molar-refractivity contribution in [2.24, 2.45) is 0 Å². The van der Waals surface area contributed by atoms with E-state index in [1.807, 2.05) is 25.1 Å². The van der Waals surface area contributed by atoms with Crippen LogP contribution in [0.5, 0.6) is 0 Å². The molecule has 170 valence electrons. The van der Waals surface area contributed by atoms with Crippen molar-refractivity contribution >= 4 is 51.5 Å². The van der Waals surface area contributed by atoms with E-state index in [0.717, 1.165) is 17.7 Å². The molecule has 0 aliphatic carbocycles. The fourth-order valence-corrected chi connectivity index (χ4v) is 5.01. The molecule has 0 radical (unpaired) electrons. The van der Waals surface area contributed by atoms with E-state index in [9.17, 15) is 14.4 Å².